The Morgan fingerprint density at radius 2 is 1.56 bits per heavy atom. The number of benzene rings is 1. The smallest absolute Gasteiger partial charge is 0.872 e. The molecule has 0 aliphatic heterocycles. The third kappa shape index (κ3) is 9.29. The summed E-state index contributed by atoms with van der Waals surface area (Å²) < 4.78 is 0. The number of aliphatic carboxylic acids is 1. The number of hydrogen-bond donors (Lipinski definition) is 2. The van der Waals surface area contributed by atoms with E-state index >= 15 is 0 Å². The zero-order valence-corrected chi connectivity index (χ0v) is 20.4. The van der Waals surface area contributed by atoms with E-state index in [0.29, 0.717) is 18.6 Å². The van der Waals surface area contributed by atoms with Crippen LogP contribution in [0.25, 0.3) is 0 Å². The SMILES string of the molecule is CC(=O)[O-].CC(C)(C)c1cccc(CN[C@@H]2CCCC[C@H]2NCc2ccncc2)c1[O-].[Cu+2]. The van der Waals surface area contributed by atoms with Crippen molar-refractivity contribution in [1.82, 2.24) is 15.6 Å². The van der Waals surface area contributed by atoms with Crippen molar-refractivity contribution in [2.75, 3.05) is 0 Å². The normalized spacial score (nSPS) is 18.1. The molecule has 1 heterocycles. The Morgan fingerprint density at radius 3 is 2.09 bits per heavy atom. The van der Waals surface area contributed by atoms with Crippen molar-refractivity contribution in [2.45, 2.75) is 84.0 Å². The number of hydrogen-bond acceptors (Lipinski definition) is 6. The third-order valence-corrected chi connectivity index (χ3v) is 5.54. The van der Waals surface area contributed by atoms with Gasteiger partial charge < -0.3 is 25.6 Å². The van der Waals surface area contributed by atoms with Crippen LogP contribution in [0.4, 0.5) is 0 Å². The van der Waals surface area contributed by atoms with Crippen LogP contribution in [-0.2, 0) is 40.4 Å². The number of carboxylic acid groups (broad SMARTS) is 1. The molecule has 1 saturated carbocycles. The first-order valence-corrected chi connectivity index (χ1v) is 11.0. The van der Waals surface area contributed by atoms with Gasteiger partial charge in [0.25, 0.3) is 0 Å². The van der Waals surface area contributed by atoms with E-state index in [2.05, 4.69) is 48.5 Å². The second-order valence-corrected chi connectivity index (χ2v) is 9.15. The number of rotatable bonds is 6. The van der Waals surface area contributed by atoms with Crippen LogP contribution in [0.3, 0.4) is 0 Å². The van der Waals surface area contributed by atoms with E-state index in [0.717, 1.165) is 31.0 Å². The first-order chi connectivity index (χ1) is 14.7. The Morgan fingerprint density at radius 1 is 1.03 bits per heavy atom. The third-order valence-electron chi connectivity index (χ3n) is 5.54. The zero-order chi connectivity index (χ0) is 22.9. The maximum absolute atomic E-state index is 12.8. The molecule has 1 radical (unpaired) electrons. The molecule has 7 heteroatoms. The number of aromatic nitrogens is 1. The molecule has 3 rings (SSSR count). The molecule has 1 aliphatic rings. The van der Waals surface area contributed by atoms with Crippen LogP contribution in [-0.4, -0.2) is 23.0 Å². The van der Waals surface area contributed by atoms with E-state index < -0.39 is 5.97 Å². The minimum Gasteiger partial charge on any atom is -0.872 e. The number of nitrogens with zero attached hydrogens (tertiary/aromatic N) is 1. The Kier molecular flexibility index (Phi) is 11.9. The van der Waals surface area contributed by atoms with Crippen LogP contribution < -0.4 is 20.8 Å². The maximum atomic E-state index is 12.8. The van der Waals surface area contributed by atoms with Crippen molar-refractivity contribution < 1.29 is 32.1 Å². The standard InChI is InChI=1S/C23H33N3O.C2H4O2.Cu/c1-23(2,3)19-8-6-7-18(22(19)27)16-26-21-10-5-4-9-20(21)25-15-17-11-13-24-14-12-17;1-2(3)4;/h6-8,11-14,20-21,25-27H,4-5,9-10,15-16H2,1-3H3;1H3,(H,3,4);/q;;+2/p-2/t20-,21-;;/m1../s1. The minimum atomic E-state index is -1.08. The van der Waals surface area contributed by atoms with Gasteiger partial charge in [0.1, 0.15) is 0 Å². The van der Waals surface area contributed by atoms with Gasteiger partial charge in [-0.25, -0.2) is 0 Å². The molecule has 6 nitrogen and oxygen atoms in total. The molecule has 2 N–H and O–H groups in total. The molecule has 0 saturated heterocycles. The molecule has 32 heavy (non-hydrogen) atoms. The van der Waals surface area contributed by atoms with Gasteiger partial charge in [-0.3, -0.25) is 4.98 Å². The van der Waals surface area contributed by atoms with Gasteiger partial charge in [0.05, 0.1) is 0 Å². The summed E-state index contributed by atoms with van der Waals surface area (Å²) in [7, 11) is 0. The van der Waals surface area contributed by atoms with Crippen LogP contribution in [0.5, 0.6) is 5.75 Å². The van der Waals surface area contributed by atoms with Gasteiger partial charge in [-0.2, -0.15) is 0 Å². The molecule has 179 valence electrons. The Bertz CT molecular complexity index is 821. The van der Waals surface area contributed by atoms with Crippen LogP contribution in [0.1, 0.15) is 70.1 Å². The fourth-order valence-corrected chi connectivity index (χ4v) is 3.92. The molecular weight excluding hydrogens is 454 g/mol. The molecule has 1 aliphatic carbocycles. The molecule has 0 spiro atoms. The Hall–Kier alpha value is -1.92. The average Bonchev–Trinajstić information content (AvgIpc) is 2.71. The van der Waals surface area contributed by atoms with Crippen molar-refractivity contribution in [3.05, 3.63) is 59.4 Å². The predicted molar refractivity (Wildman–Crippen MR) is 119 cm³/mol. The van der Waals surface area contributed by atoms with Gasteiger partial charge in [0.2, 0.25) is 0 Å². The summed E-state index contributed by atoms with van der Waals surface area (Å²) in [5.74, 6) is -0.894. The van der Waals surface area contributed by atoms with Crippen LogP contribution in [0.2, 0.25) is 0 Å². The summed E-state index contributed by atoms with van der Waals surface area (Å²) in [5.41, 5.74) is 2.92. The monoisotopic (exact) mass is 488 g/mol. The van der Waals surface area contributed by atoms with E-state index in [1.807, 2.05) is 30.6 Å². The zero-order valence-electron chi connectivity index (χ0n) is 19.4. The Labute approximate surface area is 202 Å². The van der Waals surface area contributed by atoms with Gasteiger partial charge in [0, 0.05) is 43.5 Å². The van der Waals surface area contributed by atoms with Crippen molar-refractivity contribution in [1.29, 1.82) is 0 Å². The van der Waals surface area contributed by atoms with Gasteiger partial charge in [-0.1, -0.05) is 57.4 Å². The van der Waals surface area contributed by atoms with Gasteiger partial charge in [-0.05, 0) is 48.4 Å². The van der Waals surface area contributed by atoms with Gasteiger partial charge >= 0.3 is 17.1 Å². The Balaban J connectivity index is 0.000000945. The van der Waals surface area contributed by atoms with Gasteiger partial charge in [-0.15, -0.1) is 5.75 Å². The van der Waals surface area contributed by atoms with E-state index in [4.69, 9.17) is 9.90 Å². The average molecular weight is 489 g/mol. The van der Waals surface area contributed by atoms with E-state index in [1.165, 1.54) is 24.8 Å². The van der Waals surface area contributed by atoms with Crippen LogP contribution >= 0.6 is 0 Å². The van der Waals surface area contributed by atoms with Gasteiger partial charge in [0.15, 0.2) is 0 Å². The number of carboxylic acids is 1. The first kappa shape index (κ1) is 28.1. The van der Waals surface area contributed by atoms with E-state index in [1.54, 1.807) is 0 Å². The molecule has 1 fully saturated rings. The second-order valence-electron chi connectivity index (χ2n) is 9.15. The second kappa shape index (κ2) is 13.6. The fourth-order valence-electron chi connectivity index (χ4n) is 3.92. The summed E-state index contributed by atoms with van der Waals surface area (Å²) in [4.78, 5) is 13.0. The quantitative estimate of drug-likeness (QED) is 0.605. The summed E-state index contributed by atoms with van der Waals surface area (Å²) in [6.07, 6.45) is 8.52. The minimum absolute atomic E-state index is 0. The first-order valence-electron chi connectivity index (χ1n) is 11.0. The summed E-state index contributed by atoms with van der Waals surface area (Å²) in [5, 5.41) is 29.1. The van der Waals surface area contributed by atoms with Crippen molar-refractivity contribution in [3.63, 3.8) is 0 Å². The number of carbonyl (C=O) groups is 1. The summed E-state index contributed by atoms with van der Waals surface area (Å²) in [6.45, 7) is 8.77. The molecule has 0 amide bonds. The molecule has 1 aromatic carbocycles. The van der Waals surface area contributed by atoms with Crippen LogP contribution in [0.15, 0.2) is 42.7 Å². The molecule has 0 unspecified atom stereocenters. The molecule has 0 bridgehead atoms. The summed E-state index contributed by atoms with van der Waals surface area (Å²) in [6, 6.07) is 10.9. The molecular formula is C25H35CuN3O3. The maximum Gasteiger partial charge on any atom is 2.00 e. The number of carbonyl (C=O) groups excluding carboxylic acids is 1. The molecule has 2 aromatic rings. The number of para-hydroxylation sites is 1. The van der Waals surface area contributed by atoms with E-state index in [9.17, 15) is 5.11 Å². The number of pyridine rings is 1. The number of nitrogens with one attached hydrogen (secondary N) is 2. The fraction of sp³-hybridized carbons (Fsp3) is 0.520. The molecule has 1 aromatic heterocycles. The predicted octanol–water partition coefficient (Wildman–Crippen LogP) is 2.40. The van der Waals surface area contributed by atoms with Crippen molar-refractivity contribution >= 4 is 5.97 Å². The molecule has 2 atom stereocenters. The van der Waals surface area contributed by atoms with E-state index in [-0.39, 0.29) is 28.2 Å². The topological polar surface area (TPSA) is 100 Å². The van der Waals surface area contributed by atoms with Crippen LogP contribution in [0, 0.1) is 0 Å². The van der Waals surface area contributed by atoms with Crippen molar-refractivity contribution in [2.24, 2.45) is 0 Å². The summed E-state index contributed by atoms with van der Waals surface area (Å²) >= 11 is 0. The van der Waals surface area contributed by atoms with Crippen molar-refractivity contribution in [3.8, 4) is 5.75 Å². The largest absolute Gasteiger partial charge is 2.00 e.